The topological polar surface area (TPSA) is 101 Å². The molecule has 0 spiro atoms. The number of hydrogen-bond donors (Lipinski definition) is 1. The molecule has 9 nitrogen and oxygen atoms in total. The van der Waals surface area contributed by atoms with E-state index < -0.39 is 16.8 Å². The van der Waals surface area contributed by atoms with E-state index >= 15 is 0 Å². The second-order valence-corrected chi connectivity index (χ2v) is 10.7. The molecular formula is C29H33N5O4S. The highest BCUT2D eigenvalue weighted by Crippen LogP contribution is 2.46. The number of nitrogens with one attached hydrogen (secondary N) is 1. The molecule has 1 aromatic heterocycles. The Labute approximate surface area is 232 Å². The zero-order valence-corrected chi connectivity index (χ0v) is 23.1. The molecule has 1 unspecified atom stereocenters. The van der Waals surface area contributed by atoms with Crippen molar-refractivity contribution in [1.82, 2.24) is 14.2 Å². The van der Waals surface area contributed by atoms with Crippen LogP contribution in [0.15, 0.2) is 65.9 Å². The van der Waals surface area contributed by atoms with E-state index in [2.05, 4.69) is 39.4 Å². The number of esters is 1. The van der Waals surface area contributed by atoms with Crippen LogP contribution in [-0.4, -0.2) is 64.4 Å². The molecule has 0 aliphatic carbocycles. The average Bonchev–Trinajstić information content (AvgIpc) is 3.34. The lowest BCUT2D eigenvalue weighted by Crippen LogP contribution is -2.46. The summed E-state index contributed by atoms with van der Waals surface area (Å²) in [4.78, 5) is 29.2. The summed E-state index contributed by atoms with van der Waals surface area (Å²) in [5.74, 6) is -0.909. The molecule has 0 amide bonds. The summed E-state index contributed by atoms with van der Waals surface area (Å²) >= 11 is 1.37. The first kappa shape index (κ1) is 27.0. The fourth-order valence-electron chi connectivity index (χ4n) is 5.40. The summed E-state index contributed by atoms with van der Waals surface area (Å²) in [6.45, 7) is 9.67. The van der Waals surface area contributed by atoms with Crippen LogP contribution in [0, 0.1) is 10.1 Å². The Balaban J connectivity index is 1.35. The van der Waals surface area contributed by atoms with E-state index in [0.717, 1.165) is 61.9 Å². The summed E-state index contributed by atoms with van der Waals surface area (Å²) in [6, 6.07) is 17.1. The van der Waals surface area contributed by atoms with Gasteiger partial charge in [-0.15, -0.1) is 0 Å². The zero-order valence-electron chi connectivity index (χ0n) is 22.3. The van der Waals surface area contributed by atoms with Crippen molar-refractivity contribution in [3.05, 3.63) is 98.4 Å². The number of benzene rings is 2. The van der Waals surface area contributed by atoms with Gasteiger partial charge in [-0.25, -0.2) is 4.79 Å². The molecule has 1 N–H and O–H groups in total. The standard InChI is InChI=1S/C29H33N5O4S/c1-3-38-29(35)25-20(2)30-28-27(26(25)22-10-7-11-23(18-22)34(36)37)24(31-39-28)12-13-32-14-16-33(17-15-32)19-21-8-5-4-6-9-21/h4-11,18,26,30H,3,12-17,19H2,1-2H3. The van der Waals surface area contributed by atoms with Crippen LogP contribution in [0.4, 0.5) is 10.7 Å². The molecule has 204 valence electrons. The number of hydrogen-bond acceptors (Lipinski definition) is 9. The molecule has 39 heavy (non-hydrogen) atoms. The Morgan fingerprint density at radius 1 is 1.13 bits per heavy atom. The number of ether oxygens (including phenoxy) is 1. The smallest absolute Gasteiger partial charge is 0.336 e. The Morgan fingerprint density at radius 3 is 2.59 bits per heavy atom. The first-order chi connectivity index (χ1) is 18.9. The van der Waals surface area contributed by atoms with Crippen molar-refractivity contribution in [2.75, 3.05) is 44.6 Å². The lowest BCUT2D eigenvalue weighted by Gasteiger charge is -2.35. The van der Waals surface area contributed by atoms with Crippen LogP contribution in [0.3, 0.4) is 0 Å². The maximum Gasteiger partial charge on any atom is 0.336 e. The SMILES string of the molecule is CCOC(=O)C1=C(C)Nc2snc(CCN3CCN(Cc4ccccc4)CC3)c2C1c1cccc([N+](=O)[O-])c1. The number of nitrogens with zero attached hydrogens (tertiary/aromatic N) is 4. The van der Waals surface area contributed by atoms with Crippen molar-refractivity contribution >= 4 is 28.2 Å². The van der Waals surface area contributed by atoms with Gasteiger partial charge in [0.05, 0.1) is 22.8 Å². The van der Waals surface area contributed by atoms with E-state index in [4.69, 9.17) is 9.11 Å². The molecule has 10 heteroatoms. The molecule has 1 fully saturated rings. The van der Waals surface area contributed by atoms with E-state index in [1.807, 2.05) is 19.1 Å². The second kappa shape index (κ2) is 12.1. The van der Waals surface area contributed by atoms with E-state index in [-0.39, 0.29) is 12.3 Å². The van der Waals surface area contributed by atoms with Gasteiger partial charge in [0.1, 0.15) is 5.00 Å². The Morgan fingerprint density at radius 2 is 1.87 bits per heavy atom. The average molecular weight is 548 g/mol. The minimum Gasteiger partial charge on any atom is -0.463 e. The number of nitro benzene ring substituents is 1. The molecular weight excluding hydrogens is 514 g/mol. The normalized spacial score (nSPS) is 17.9. The quantitative estimate of drug-likeness (QED) is 0.232. The van der Waals surface area contributed by atoms with E-state index in [0.29, 0.717) is 16.8 Å². The van der Waals surface area contributed by atoms with Crippen molar-refractivity contribution < 1.29 is 14.5 Å². The van der Waals surface area contributed by atoms with E-state index in [1.54, 1.807) is 19.1 Å². The van der Waals surface area contributed by atoms with Crippen molar-refractivity contribution in [2.24, 2.45) is 0 Å². The molecule has 3 aromatic rings. The number of nitro groups is 1. The predicted octanol–water partition coefficient (Wildman–Crippen LogP) is 4.81. The van der Waals surface area contributed by atoms with Crippen LogP contribution >= 0.6 is 11.5 Å². The van der Waals surface area contributed by atoms with Crippen LogP contribution in [0.25, 0.3) is 0 Å². The lowest BCUT2D eigenvalue weighted by atomic mass is 9.81. The molecule has 1 saturated heterocycles. The van der Waals surface area contributed by atoms with Gasteiger partial charge in [-0.3, -0.25) is 15.0 Å². The van der Waals surface area contributed by atoms with Crippen LogP contribution in [0.2, 0.25) is 0 Å². The highest BCUT2D eigenvalue weighted by Gasteiger charge is 2.37. The summed E-state index contributed by atoms with van der Waals surface area (Å²) in [5, 5.41) is 15.8. The Bertz CT molecular complexity index is 1370. The minimum atomic E-state index is -0.489. The molecule has 3 heterocycles. The van der Waals surface area contributed by atoms with Gasteiger partial charge in [-0.05, 0) is 36.5 Å². The lowest BCUT2D eigenvalue weighted by molar-refractivity contribution is -0.384. The van der Waals surface area contributed by atoms with Crippen molar-refractivity contribution in [2.45, 2.75) is 32.7 Å². The molecule has 2 aliphatic heterocycles. The summed E-state index contributed by atoms with van der Waals surface area (Å²) in [5.41, 5.74) is 5.00. The Hall–Kier alpha value is -3.60. The van der Waals surface area contributed by atoms with Crippen LogP contribution in [0.1, 0.15) is 42.1 Å². The van der Waals surface area contributed by atoms with Gasteiger partial charge in [0.25, 0.3) is 5.69 Å². The number of non-ortho nitro benzene ring substituents is 1. The first-order valence-electron chi connectivity index (χ1n) is 13.3. The third-order valence-corrected chi connectivity index (χ3v) is 8.19. The minimum absolute atomic E-state index is 0.00782. The van der Waals surface area contributed by atoms with Gasteiger partial charge in [0, 0.05) is 75.0 Å². The molecule has 5 rings (SSSR count). The van der Waals surface area contributed by atoms with Crippen LogP contribution < -0.4 is 5.32 Å². The number of piperazine rings is 1. The number of carbonyl (C=O) groups is 1. The number of fused-ring (bicyclic) bond motifs is 1. The van der Waals surface area contributed by atoms with Gasteiger partial charge in [0.15, 0.2) is 0 Å². The summed E-state index contributed by atoms with van der Waals surface area (Å²) < 4.78 is 10.2. The van der Waals surface area contributed by atoms with E-state index in [1.165, 1.54) is 23.2 Å². The molecule has 0 radical (unpaired) electrons. The zero-order chi connectivity index (χ0) is 27.4. The van der Waals surface area contributed by atoms with Crippen molar-refractivity contribution in [1.29, 1.82) is 0 Å². The number of allylic oxidation sites excluding steroid dienone is 1. The maximum absolute atomic E-state index is 13.1. The number of anilines is 1. The molecule has 0 bridgehead atoms. The second-order valence-electron chi connectivity index (χ2n) is 9.89. The van der Waals surface area contributed by atoms with Crippen molar-refractivity contribution in [3.8, 4) is 0 Å². The third-order valence-electron chi connectivity index (χ3n) is 7.37. The molecule has 2 aromatic carbocycles. The number of carbonyl (C=O) groups excluding carboxylic acids is 1. The van der Waals surface area contributed by atoms with Gasteiger partial charge in [-0.1, -0.05) is 42.5 Å². The van der Waals surface area contributed by atoms with Crippen molar-refractivity contribution in [3.63, 3.8) is 0 Å². The van der Waals surface area contributed by atoms with Crippen LogP contribution in [0.5, 0.6) is 0 Å². The maximum atomic E-state index is 13.1. The molecule has 1 atom stereocenters. The fraction of sp³-hybridized carbons (Fsp3) is 0.379. The number of aromatic nitrogens is 1. The highest BCUT2D eigenvalue weighted by molar-refractivity contribution is 7.10. The summed E-state index contributed by atoms with van der Waals surface area (Å²) in [7, 11) is 0. The van der Waals surface area contributed by atoms with E-state index in [9.17, 15) is 14.9 Å². The monoisotopic (exact) mass is 547 g/mol. The van der Waals surface area contributed by atoms with Gasteiger partial charge < -0.3 is 15.0 Å². The molecule has 2 aliphatic rings. The summed E-state index contributed by atoms with van der Waals surface area (Å²) in [6.07, 6.45) is 0.729. The van der Waals surface area contributed by atoms with Gasteiger partial charge in [-0.2, -0.15) is 4.37 Å². The Kier molecular flexibility index (Phi) is 8.35. The van der Waals surface area contributed by atoms with Gasteiger partial charge >= 0.3 is 5.97 Å². The highest BCUT2D eigenvalue weighted by atomic mass is 32.1. The fourth-order valence-corrected chi connectivity index (χ4v) is 6.33. The number of rotatable bonds is 9. The van der Waals surface area contributed by atoms with Gasteiger partial charge in [0.2, 0.25) is 0 Å². The molecule has 0 saturated carbocycles. The first-order valence-corrected chi connectivity index (χ1v) is 14.1. The third kappa shape index (κ3) is 6.03. The predicted molar refractivity (Wildman–Crippen MR) is 152 cm³/mol. The van der Waals surface area contributed by atoms with Crippen LogP contribution in [-0.2, 0) is 22.5 Å². The largest absolute Gasteiger partial charge is 0.463 e.